The van der Waals surface area contributed by atoms with Gasteiger partial charge in [0.15, 0.2) is 5.82 Å². The van der Waals surface area contributed by atoms with Crippen molar-refractivity contribution in [2.75, 3.05) is 41.7 Å². The van der Waals surface area contributed by atoms with Crippen LogP contribution in [0.1, 0.15) is 0 Å². The fraction of sp³-hybridized carbons (Fsp3) is 0.200. The van der Waals surface area contributed by atoms with Gasteiger partial charge in [0.05, 0.1) is 5.69 Å². The molecular formula is C20H20FN5O. The Morgan fingerprint density at radius 2 is 1.52 bits per heavy atom. The first-order valence-electron chi connectivity index (χ1n) is 8.80. The van der Waals surface area contributed by atoms with Crippen LogP contribution < -0.4 is 20.3 Å². The second-order valence-electron chi connectivity index (χ2n) is 6.26. The van der Waals surface area contributed by atoms with Crippen LogP contribution >= 0.6 is 0 Å². The first-order valence-corrected chi connectivity index (χ1v) is 8.80. The van der Waals surface area contributed by atoms with Crippen LogP contribution in [0.2, 0.25) is 0 Å². The van der Waals surface area contributed by atoms with Gasteiger partial charge in [0, 0.05) is 26.2 Å². The third-order valence-corrected chi connectivity index (χ3v) is 4.56. The third kappa shape index (κ3) is 3.62. The normalized spacial score (nSPS) is 14.3. The monoisotopic (exact) mass is 365 g/mol. The lowest BCUT2D eigenvalue weighted by Gasteiger charge is -2.37. The second kappa shape index (κ2) is 7.49. The molecule has 2 heterocycles. The molecule has 138 valence electrons. The van der Waals surface area contributed by atoms with Gasteiger partial charge in [0.1, 0.15) is 23.6 Å². The molecule has 27 heavy (non-hydrogen) atoms. The quantitative estimate of drug-likeness (QED) is 0.765. The molecule has 3 aromatic rings. The summed E-state index contributed by atoms with van der Waals surface area (Å²) in [5, 5.41) is 0. The maximum atomic E-state index is 14.0. The van der Waals surface area contributed by atoms with Crippen LogP contribution in [0.15, 0.2) is 60.9 Å². The van der Waals surface area contributed by atoms with Crippen molar-refractivity contribution in [3.05, 3.63) is 66.7 Å². The number of nitrogen functional groups attached to an aromatic ring is 1. The van der Waals surface area contributed by atoms with Crippen LogP contribution in [0.5, 0.6) is 11.6 Å². The van der Waals surface area contributed by atoms with Gasteiger partial charge in [-0.3, -0.25) is 0 Å². The maximum absolute atomic E-state index is 14.0. The predicted octanol–water partition coefficient (Wildman–Crippen LogP) is 3.32. The lowest BCUT2D eigenvalue weighted by atomic mass is 10.2. The fourth-order valence-electron chi connectivity index (χ4n) is 3.17. The molecule has 6 nitrogen and oxygen atoms in total. The van der Waals surface area contributed by atoms with Crippen molar-refractivity contribution in [3.8, 4) is 11.6 Å². The molecule has 1 aliphatic rings. The average Bonchev–Trinajstić information content (AvgIpc) is 2.71. The van der Waals surface area contributed by atoms with Crippen LogP contribution in [0.4, 0.5) is 21.6 Å². The summed E-state index contributed by atoms with van der Waals surface area (Å²) in [6, 6.07) is 16.2. The highest BCUT2D eigenvalue weighted by atomic mass is 19.1. The Morgan fingerprint density at radius 3 is 2.26 bits per heavy atom. The summed E-state index contributed by atoms with van der Waals surface area (Å²) in [5.74, 6) is 1.44. The highest BCUT2D eigenvalue weighted by Gasteiger charge is 2.23. The van der Waals surface area contributed by atoms with Crippen molar-refractivity contribution in [2.24, 2.45) is 0 Å². The van der Waals surface area contributed by atoms with Gasteiger partial charge in [0.2, 0.25) is 5.88 Å². The number of anilines is 3. The van der Waals surface area contributed by atoms with Crippen molar-refractivity contribution >= 4 is 17.2 Å². The summed E-state index contributed by atoms with van der Waals surface area (Å²) in [4.78, 5) is 12.6. The van der Waals surface area contributed by atoms with Gasteiger partial charge in [-0.25, -0.2) is 9.37 Å². The molecule has 1 aliphatic heterocycles. The van der Waals surface area contributed by atoms with E-state index >= 15 is 0 Å². The summed E-state index contributed by atoms with van der Waals surface area (Å²) >= 11 is 0. The largest absolute Gasteiger partial charge is 0.437 e. The Hall–Kier alpha value is -3.35. The van der Waals surface area contributed by atoms with E-state index in [1.54, 1.807) is 12.1 Å². The lowest BCUT2D eigenvalue weighted by Crippen LogP contribution is -2.47. The van der Waals surface area contributed by atoms with E-state index in [1.807, 2.05) is 41.3 Å². The summed E-state index contributed by atoms with van der Waals surface area (Å²) in [5.41, 5.74) is 7.30. The summed E-state index contributed by atoms with van der Waals surface area (Å²) < 4.78 is 19.8. The minimum absolute atomic E-state index is 0.203. The van der Waals surface area contributed by atoms with Crippen molar-refractivity contribution < 1.29 is 9.13 Å². The van der Waals surface area contributed by atoms with Crippen molar-refractivity contribution in [2.45, 2.75) is 0 Å². The molecule has 2 aromatic carbocycles. The molecule has 0 amide bonds. The molecule has 0 radical (unpaired) electrons. The number of halogens is 1. The van der Waals surface area contributed by atoms with Gasteiger partial charge in [-0.1, -0.05) is 30.3 Å². The van der Waals surface area contributed by atoms with Crippen LogP contribution in [0.25, 0.3) is 0 Å². The van der Waals surface area contributed by atoms with Crippen molar-refractivity contribution in [1.29, 1.82) is 0 Å². The van der Waals surface area contributed by atoms with E-state index in [2.05, 4.69) is 14.9 Å². The predicted molar refractivity (Wildman–Crippen MR) is 104 cm³/mol. The van der Waals surface area contributed by atoms with Crippen molar-refractivity contribution in [1.82, 2.24) is 9.97 Å². The number of benzene rings is 2. The number of nitrogens with two attached hydrogens (primary N) is 1. The fourth-order valence-corrected chi connectivity index (χ4v) is 3.17. The molecule has 0 unspecified atom stereocenters. The Balaban J connectivity index is 1.48. The van der Waals surface area contributed by atoms with Gasteiger partial charge in [-0.2, -0.15) is 4.98 Å². The highest BCUT2D eigenvalue weighted by Crippen LogP contribution is 2.32. The van der Waals surface area contributed by atoms with E-state index in [-0.39, 0.29) is 5.82 Å². The second-order valence-corrected chi connectivity index (χ2v) is 6.26. The number of rotatable bonds is 4. The van der Waals surface area contributed by atoms with Crippen molar-refractivity contribution in [3.63, 3.8) is 0 Å². The van der Waals surface area contributed by atoms with E-state index in [0.717, 1.165) is 0 Å². The SMILES string of the molecule is Nc1c(Oc2ccccc2)ncnc1N1CCN(c2ccccc2F)CC1. The molecule has 1 fully saturated rings. The Morgan fingerprint density at radius 1 is 0.852 bits per heavy atom. The van der Waals surface area contributed by atoms with Crippen LogP contribution in [0, 0.1) is 5.82 Å². The van der Waals surface area contributed by atoms with Gasteiger partial charge in [-0.05, 0) is 24.3 Å². The van der Waals surface area contributed by atoms with Gasteiger partial charge in [0.25, 0.3) is 0 Å². The molecular weight excluding hydrogens is 345 g/mol. The standard InChI is InChI=1S/C20H20FN5O/c21-16-8-4-5-9-17(16)25-10-12-26(13-11-25)19-18(22)20(24-14-23-19)27-15-6-2-1-3-7-15/h1-9,14H,10-13,22H2. The Kier molecular flexibility index (Phi) is 4.74. The molecule has 2 N–H and O–H groups in total. The number of hydrogen-bond acceptors (Lipinski definition) is 6. The van der Waals surface area contributed by atoms with E-state index in [0.29, 0.717) is 55.0 Å². The number of piperazine rings is 1. The van der Waals surface area contributed by atoms with Gasteiger partial charge >= 0.3 is 0 Å². The first kappa shape index (κ1) is 17.1. The van der Waals surface area contributed by atoms with Crippen LogP contribution in [-0.4, -0.2) is 36.1 Å². The zero-order chi connectivity index (χ0) is 18.6. The van der Waals surface area contributed by atoms with Crippen LogP contribution in [-0.2, 0) is 0 Å². The lowest BCUT2D eigenvalue weighted by molar-refractivity contribution is 0.464. The van der Waals surface area contributed by atoms with Gasteiger partial charge in [-0.15, -0.1) is 0 Å². The van der Waals surface area contributed by atoms with E-state index in [9.17, 15) is 4.39 Å². The number of aromatic nitrogens is 2. The molecule has 0 saturated carbocycles. The molecule has 7 heteroatoms. The molecule has 1 saturated heterocycles. The molecule has 0 atom stereocenters. The zero-order valence-electron chi connectivity index (χ0n) is 14.8. The topological polar surface area (TPSA) is 67.5 Å². The summed E-state index contributed by atoms with van der Waals surface area (Å²) in [7, 11) is 0. The van der Waals surface area contributed by atoms with E-state index in [1.165, 1.54) is 12.4 Å². The average molecular weight is 365 g/mol. The minimum atomic E-state index is -0.203. The Bertz CT molecular complexity index is 913. The van der Waals surface area contributed by atoms with Crippen LogP contribution in [0.3, 0.4) is 0 Å². The number of hydrogen-bond donors (Lipinski definition) is 1. The number of para-hydroxylation sites is 2. The number of nitrogens with zero attached hydrogens (tertiary/aromatic N) is 4. The smallest absolute Gasteiger partial charge is 0.248 e. The number of ether oxygens (including phenoxy) is 1. The van der Waals surface area contributed by atoms with E-state index < -0.39 is 0 Å². The molecule has 0 spiro atoms. The molecule has 0 aliphatic carbocycles. The summed E-state index contributed by atoms with van der Waals surface area (Å²) in [6.07, 6.45) is 1.45. The molecule has 0 bridgehead atoms. The molecule has 1 aromatic heterocycles. The molecule has 4 rings (SSSR count). The van der Waals surface area contributed by atoms with E-state index in [4.69, 9.17) is 10.5 Å². The third-order valence-electron chi connectivity index (χ3n) is 4.56. The summed E-state index contributed by atoms with van der Waals surface area (Å²) in [6.45, 7) is 2.72. The van der Waals surface area contributed by atoms with Gasteiger partial charge < -0.3 is 20.3 Å². The zero-order valence-corrected chi connectivity index (χ0v) is 14.8. The minimum Gasteiger partial charge on any atom is -0.437 e. The maximum Gasteiger partial charge on any atom is 0.248 e. The Labute approximate surface area is 157 Å². The highest BCUT2D eigenvalue weighted by molar-refractivity contribution is 5.68. The first-order chi connectivity index (χ1) is 13.2.